The number of rotatable bonds is 5. The van der Waals surface area contributed by atoms with Crippen LogP contribution in [0.15, 0.2) is 53.3 Å². The second-order valence-corrected chi connectivity index (χ2v) is 6.95. The van der Waals surface area contributed by atoms with Crippen LogP contribution in [0.1, 0.15) is 23.0 Å². The molecule has 1 aromatic carbocycles. The zero-order valence-corrected chi connectivity index (χ0v) is 16.7. The monoisotopic (exact) mass is 392 g/mol. The van der Waals surface area contributed by atoms with E-state index < -0.39 is 0 Å². The van der Waals surface area contributed by atoms with Crippen molar-refractivity contribution in [1.82, 2.24) is 20.1 Å². The molecule has 1 amide bonds. The lowest BCUT2D eigenvalue weighted by molar-refractivity contribution is 0.0714. The van der Waals surface area contributed by atoms with Gasteiger partial charge in [0.15, 0.2) is 11.6 Å². The maximum Gasteiger partial charge on any atom is 0.289 e. The molecule has 4 rings (SSSR count). The molecule has 1 aliphatic rings. The number of aryl methyl sites for hydroxylation is 1. The molecule has 1 saturated heterocycles. The average molecular weight is 392 g/mol. The Hall–Kier alpha value is -3.42. The van der Waals surface area contributed by atoms with E-state index >= 15 is 0 Å². The van der Waals surface area contributed by atoms with E-state index in [1.54, 1.807) is 23.2 Å². The number of anilines is 3. The van der Waals surface area contributed by atoms with Crippen molar-refractivity contribution in [3.05, 3.63) is 60.2 Å². The Bertz CT molecular complexity index is 967. The standard InChI is InChI=1S/C21H24N6O2/c1-3-27(17-7-4-6-16(2)14-17)19-15-22-24-21(23-19)26-11-9-25(10-12-26)20(28)18-8-5-13-29-18/h4-8,13-15H,3,9-12H2,1-2H3. The van der Waals surface area contributed by atoms with Gasteiger partial charge in [0.2, 0.25) is 5.95 Å². The van der Waals surface area contributed by atoms with Gasteiger partial charge in [0.05, 0.1) is 12.5 Å². The van der Waals surface area contributed by atoms with E-state index in [2.05, 4.69) is 52.0 Å². The van der Waals surface area contributed by atoms with E-state index in [1.807, 2.05) is 6.07 Å². The summed E-state index contributed by atoms with van der Waals surface area (Å²) in [7, 11) is 0. The summed E-state index contributed by atoms with van der Waals surface area (Å²) in [5.74, 6) is 1.63. The van der Waals surface area contributed by atoms with Gasteiger partial charge in [0, 0.05) is 38.4 Å². The van der Waals surface area contributed by atoms with Gasteiger partial charge in [0.1, 0.15) is 0 Å². The molecule has 150 valence electrons. The van der Waals surface area contributed by atoms with Crippen LogP contribution in [0.4, 0.5) is 17.5 Å². The van der Waals surface area contributed by atoms with E-state index in [1.165, 1.54) is 11.8 Å². The highest BCUT2D eigenvalue weighted by Gasteiger charge is 2.25. The minimum Gasteiger partial charge on any atom is -0.459 e. The lowest BCUT2D eigenvalue weighted by atomic mass is 10.2. The van der Waals surface area contributed by atoms with Crippen molar-refractivity contribution in [3.63, 3.8) is 0 Å². The predicted molar refractivity (Wildman–Crippen MR) is 111 cm³/mol. The molecule has 0 atom stereocenters. The Morgan fingerprint density at radius 3 is 2.69 bits per heavy atom. The number of carbonyl (C=O) groups is 1. The Kier molecular flexibility index (Phi) is 5.41. The molecule has 29 heavy (non-hydrogen) atoms. The van der Waals surface area contributed by atoms with Crippen LogP contribution in [0.3, 0.4) is 0 Å². The van der Waals surface area contributed by atoms with Crippen LogP contribution >= 0.6 is 0 Å². The summed E-state index contributed by atoms with van der Waals surface area (Å²) >= 11 is 0. The molecule has 0 bridgehead atoms. The first-order valence-corrected chi connectivity index (χ1v) is 9.77. The average Bonchev–Trinajstić information content (AvgIpc) is 3.29. The molecule has 8 nitrogen and oxygen atoms in total. The van der Waals surface area contributed by atoms with Gasteiger partial charge in [-0.05, 0) is 43.7 Å². The molecule has 1 aliphatic heterocycles. The number of hydrogen-bond acceptors (Lipinski definition) is 7. The molecule has 2 aromatic heterocycles. The van der Waals surface area contributed by atoms with E-state index in [0.717, 1.165) is 18.1 Å². The van der Waals surface area contributed by atoms with Crippen LogP contribution < -0.4 is 9.80 Å². The summed E-state index contributed by atoms with van der Waals surface area (Å²) in [6.45, 7) is 7.40. The van der Waals surface area contributed by atoms with E-state index in [-0.39, 0.29) is 5.91 Å². The summed E-state index contributed by atoms with van der Waals surface area (Å²) in [5.41, 5.74) is 2.27. The zero-order valence-electron chi connectivity index (χ0n) is 16.7. The Morgan fingerprint density at radius 2 is 2.00 bits per heavy atom. The van der Waals surface area contributed by atoms with E-state index in [9.17, 15) is 4.79 Å². The van der Waals surface area contributed by atoms with Crippen molar-refractivity contribution >= 4 is 23.4 Å². The second kappa shape index (κ2) is 8.30. The van der Waals surface area contributed by atoms with Crippen LogP contribution in [0.25, 0.3) is 0 Å². The smallest absolute Gasteiger partial charge is 0.289 e. The van der Waals surface area contributed by atoms with Crippen LogP contribution in [-0.4, -0.2) is 58.7 Å². The van der Waals surface area contributed by atoms with Crippen molar-refractivity contribution < 1.29 is 9.21 Å². The first-order chi connectivity index (χ1) is 14.2. The lowest BCUT2D eigenvalue weighted by Gasteiger charge is -2.34. The molecule has 0 spiro atoms. The van der Waals surface area contributed by atoms with Crippen molar-refractivity contribution in [2.24, 2.45) is 0 Å². The first-order valence-electron chi connectivity index (χ1n) is 9.77. The number of furan rings is 1. The second-order valence-electron chi connectivity index (χ2n) is 6.95. The van der Waals surface area contributed by atoms with Gasteiger partial charge in [0.25, 0.3) is 5.91 Å². The quantitative estimate of drug-likeness (QED) is 0.660. The Labute approximate surface area is 169 Å². The highest BCUT2D eigenvalue weighted by atomic mass is 16.3. The highest BCUT2D eigenvalue weighted by molar-refractivity contribution is 5.91. The van der Waals surface area contributed by atoms with Gasteiger partial charge in [-0.25, -0.2) is 0 Å². The molecule has 1 fully saturated rings. The maximum atomic E-state index is 12.4. The Morgan fingerprint density at radius 1 is 1.17 bits per heavy atom. The summed E-state index contributed by atoms with van der Waals surface area (Å²) in [5, 5.41) is 8.41. The Balaban J connectivity index is 1.47. The molecule has 8 heteroatoms. The fourth-order valence-corrected chi connectivity index (χ4v) is 3.49. The van der Waals surface area contributed by atoms with E-state index in [0.29, 0.717) is 37.9 Å². The third kappa shape index (κ3) is 4.06. The fourth-order valence-electron chi connectivity index (χ4n) is 3.49. The summed E-state index contributed by atoms with van der Waals surface area (Å²) < 4.78 is 5.22. The van der Waals surface area contributed by atoms with Crippen molar-refractivity contribution in [1.29, 1.82) is 0 Å². The SMILES string of the molecule is CCN(c1cccc(C)c1)c1cnnc(N2CCN(C(=O)c3ccco3)CC2)n1. The number of amides is 1. The van der Waals surface area contributed by atoms with Gasteiger partial charge in [-0.2, -0.15) is 10.1 Å². The third-order valence-corrected chi connectivity index (χ3v) is 5.02. The normalized spacial score (nSPS) is 14.1. The highest BCUT2D eigenvalue weighted by Crippen LogP contribution is 2.25. The first kappa shape index (κ1) is 18.9. The minimum absolute atomic E-state index is 0.0842. The van der Waals surface area contributed by atoms with Gasteiger partial charge in [-0.1, -0.05) is 12.1 Å². The largest absolute Gasteiger partial charge is 0.459 e. The van der Waals surface area contributed by atoms with Crippen molar-refractivity contribution in [2.75, 3.05) is 42.5 Å². The molecule has 0 aliphatic carbocycles. The molecule has 3 heterocycles. The van der Waals surface area contributed by atoms with Gasteiger partial charge in [-0.15, -0.1) is 5.10 Å². The molecule has 0 unspecified atom stereocenters. The van der Waals surface area contributed by atoms with Crippen molar-refractivity contribution in [3.8, 4) is 0 Å². The van der Waals surface area contributed by atoms with E-state index in [4.69, 9.17) is 9.40 Å². The number of piperazine rings is 1. The number of aromatic nitrogens is 3. The van der Waals surface area contributed by atoms with Crippen LogP contribution in [-0.2, 0) is 0 Å². The molecule has 0 N–H and O–H groups in total. The number of nitrogens with zero attached hydrogens (tertiary/aromatic N) is 6. The van der Waals surface area contributed by atoms with Crippen molar-refractivity contribution in [2.45, 2.75) is 13.8 Å². The molecular weight excluding hydrogens is 368 g/mol. The predicted octanol–water partition coefficient (Wildman–Crippen LogP) is 2.89. The summed E-state index contributed by atoms with van der Waals surface area (Å²) in [6.07, 6.45) is 3.20. The molecule has 3 aromatic rings. The summed E-state index contributed by atoms with van der Waals surface area (Å²) in [4.78, 5) is 23.1. The minimum atomic E-state index is -0.0842. The fraction of sp³-hybridized carbons (Fsp3) is 0.333. The lowest BCUT2D eigenvalue weighted by Crippen LogP contribution is -2.49. The van der Waals surface area contributed by atoms with Crippen LogP contribution in [0.2, 0.25) is 0 Å². The maximum absolute atomic E-state index is 12.4. The van der Waals surface area contributed by atoms with Crippen LogP contribution in [0.5, 0.6) is 0 Å². The number of hydrogen-bond donors (Lipinski definition) is 0. The van der Waals surface area contributed by atoms with Gasteiger partial charge < -0.3 is 19.1 Å². The van der Waals surface area contributed by atoms with Crippen LogP contribution in [0, 0.1) is 6.92 Å². The molecule has 0 saturated carbocycles. The third-order valence-electron chi connectivity index (χ3n) is 5.02. The topological polar surface area (TPSA) is 78.6 Å². The molecular formula is C21H24N6O2. The van der Waals surface area contributed by atoms with Gasteiger partial charge >= 0.3 is 0 Å². The molecule has 0 radical (unpaired) electrons. The number of benzene rings is 1. The number of carbonyl (C=O) groups excluding carboxylic acids is 1. The summed E-state index contributed by atoms with van der Waals surface area (Å²) in [6, 6.07) is 11.7. The van der Waals surface area contributed by atoms with Gasteiger partial charge in [-0.3, -0.25) is 4.79 Å². The zero-order chi connectivity index (χ0) is 20.2.